The Kier molecular flexibility index (Phi) is 2.46. The second-order valence-corrected chi connectivity index (χ2v) is 2.67. The molecule has 0 fully saturated rings. The van der Waals surface area contributed by atoms with Crippen molar-refractivity contribution in [1.29, 1.82) is 0 Å². The Bertz CT molecular complexity index is 302. The summed E-state index contributed by atoms with van der Waals surface area (Å²) in [6, 6.07) is 0. The number of carboxylic acids is 1. The van der Waals surface area contributed by atoms with Gasteiger partial charge in [-0.3, -0.25) is 9.59 Å². The Hall–Kier alpha value is -1.65. The molecule has 1 rings (SSSR count). The van der Waals surface area contributed by atoms with Gasteiger partial charge in [0.15, 0.2) is 5.78 Å². The van der Waals surface area contributed by atoms with E-state index in [1.54, 1.807) is 0 Å². The minimum Gasteiger partial charge on any atom is -0.478 e. The minimum absolute atomic E-state index is 0.0682. The van der Waals surface area contributed by atoms with E-state index in [1.165, 1.54) is 6.92 Å². The lowest BCUT2D eigenvalue weighted by Crippen LogP contribution is -2.20. The van der Waals surface area contributed by atoms with Gasteiger partial charge < -0.3 is 9.84 Å². The molecule has 0 spiro atoms. The predicted molar refractivity (Wildman–Crippen MR) is 40.9 cm³/mol. The van der Waals surface area contributed by atoms with Crippen LogP contribution in [0.3, 0.4) is 0 Å². The third-order valence-electron chi connectivity index (χ3n) is 1.61. The fourth-order valence-electron chi connectivity index (χ4n) is 1.12. The number of ether oxygens (including phenoxy) is 1. The summed E-state index contributed by atoms with van der Waals surface area (Å²) >= 11 is 0. The van der Waals surface area contributed by atoms with Gasteiger partial charge in [-0.2, -0.15) is 0 Å². The van der Waals surface area contributed by atoms with E-state index in [-0.39, 0.29) is 17.8 Å². The molecule has 0 unspecified atom stereocenters. The molecule has 0 bridgehead atoms. The van der Waals surface area contributed by atoms with Gasteiger partial charge in [0.1, 0.15) is 6.10 Å². The first-order chi connectivity index (χ1) is 6.00. The fraction of sp³-hybridized carbons (Fsp3) is 0.375. The number of esters is 1. The van der Waals surface area contributed by atoms with Crippen LogP contribution in [-0.4, -0.2) is 28.9 Å². The lowest BCUT2D eigenvalue weighted by Gasteiger charge is -2.10. The number of carbonyl (C=O) groups is 3. The van der Waals surface area contributed by atoms with Crippen molar-refractivity contribution < 1.29 is 24.2 Å². The number of allylic oxidation sites excluding steroid dienone is 1. The van der Waals surface area contributed by atoms with Crippen molar-refractivity contribution in [2.24, 2.45) is 0 Å². The monoisotopic (exact) mass is 184 g/mol. The van der Waals surface area contributed by atoms with Gasteiger partial charge >= 0.3 is 11.9 Å². The molecule has 0 saturated heterocycles. The zero-order chi connectivity index (χ0) is 10.0. The summed E-state index contributed by atoms with van der Waals surface area (Å²) in [5.74, 6) is -2.15. The maximum Gasteiger partial charge on any atom is 0.335 e. The lowest BCUT2D eigenvalue weighted by atomic mass is 10.2. The molecule has 1 aliphatic carbocycles. The molecule has 1 atom stereocenters. The van der Waals surface area contributed by atoms with Gasteiger partial charge in [-0.15, -0.1) is 0 Å². The molecule has 0 aliphatic heterocycles. The van der Waals surface area contributed by atoms with E-state index in [2.05, 4.69) is 4.74 Å². The first-order valence-electron chi connectivity index (χ1n) is 3.65. The SMILES string of the molecule is CC(=O)O[C@@H]1CC(=O)C=C1C(=O)O. The second-order valence-electron chi connectivity index (χ2n) is 2.67. The number of rotatable bonds is 2. The fourth-order valence-corrected chi connectivity index (χ4v) is 1.12. The summed E-state index contributed by atoms with van der Waals surface area (Å²) < 4.78 is 4.65. The highest BCUT2D eigenvalue weighted by Gasteiger charge is 2.31. The number of aliphatic carboxylic acids is 1. The first-order valence-corrected chi connectivity index (χ1v) is 3.65. The number of hydrogen-bond donors (Lipinski definition) is 1. The average Bonchev–Trinajstić information content (AvgIpc) is 2.29. The molecule has 1 N–H and O–H groups in total. The first kappa shape index (κ1) is 9.44. The Balaban J connectivity index is 2.77. The van der Waals surface area contributed by atoms with Crippen LogP contribution < -0.4 is 0 Å². The summed E-state index contributed by atoms with van der Waals surface area (Å²) in [5, 5.41) is 8.60. The molecule has 13 heavy (non-hydrogen) atoms. The summed E-state index contributed by atoms with van der Waals surface area (Å²) in [5.41, 5.74) is -0.153. The molecule has 0 aromatic rings. The molecule has 1 aliphatic rings. The molecule has 0 radical (unpaired) electrons. The van der Waals surface area contributed by atoms with Crippen molar-refractivity contribution in [2.45, 2.75) is 19.4 Å². The largest absolute Gasteiger partial charge is 0.478 e. The normalized spacial score (nSPS) is 21.2. The summed E-state index contributed by atoms with van der Waals surface area (Å²) in [6.07, 6.45) is 0.0134. The molecule has 0 aromatic carbocycles. The van der Waals surface area contributed by atoms with Gasteiger partial charge in [0, 0.05) is 6.92 Å². The van der Waals surface area contributed by atoms with Crippen LogP contribution in [-0.2, 0) is 19.1 Å². The van der Waals surface area contributed by atoms with Crippen LogP contribution in [0.5, 0.6) is 0 Å². The van der Waals surface area contributed by atoms with Crippen LogP contribution in [0.1, 0.15) is 13.3 Å². The van der Waals surface area contributed by atoms with Gasteiger partial charge in [0.25, 0.3) is 0 Å². The minimum atomic E-state index is -1.22. The number of carboxylic acid groups (broad SMARTS) is 1. The smallest absolute Gasteiger partial charge is 0.335 e. The predicted octanol–water partition coefficient (Wildman–Crippen LogP) is -0.0981. The Morgan fingerprint density at radius 1 is 1.62 bits per heavy atom. The van der Waals surface area contributed by atoms with Crippen LogP contribution in [0.15, 0.2) is 11.6 Å². The van der Waals surface area contributed by atoms with Gasteiger partial charge in [-0.1, -0.05) is 0 Å². The number of carbonyl (C=O) groups excluding carboxylic acids is 2. The van der Waals surface area contributed by atoms with Gasteiger partial charge in [0.2, 0.25) is 0 Å². The third-order valence-corrected chi connectivity index (χ3v) is 1.61. The van der Waals surface area contributed by atoms with Crippen LogP contribution in [0, 0.1) is 0 Å². The van der Waals surface area contributed by atoms with Crippen LogP contribution in [0.25, 0.3) is 0 Å². The van der Waals surface area contributed by atoms with E-state index in [4.69, 9.17) is 5.11 Å². The lowest BCUT2D eigenvalue weighted by molar-refractivity contribution is -0.146. The molecule has 0 heterocycles. The molecule has 0 amide bonds. The zero-order valence-electron chi connectivity index (χ0n) is 6.94. The van der Waals surface area contributed by atoms with E-state index in [0.29, 0.717) is 0 Å². The number of hydrogen-bond acceptors (Lipinski definition) is 4. The van der Waals surface area contributed by atoms with Gasteiger partial charge in [0.05, 0.1) is 12.0 Å². The van der Waals surface area contributed by atoms with E-state index < -0.39 is 18.0 Å². The Morgan fingerprint density at radius 3 is 2.69 bits per heavy atom. The maximum atomic E-state index is 10.8. The highest BCUT2D eigenvalue weighted by atomic mass is 16.5. The van der Waals surface area contributed by atoms with Crippen molar-refractivity contribution in [1.82, 2.24) is 0 Å². The van der Waals surface area contributed by atoms with Crippen LogP contribution >= 0.6 is 0 Å². The van der Waals surface area contributed by atoms with E-state index >= 15 is 0 Å². The Morgan fingerprint density at radius 2 is 2.23 bits per heavy atom. The van der Waals surface area contributed by atoms with Gasteiger partial charge in [-0.25, -0.2) is 4.79 Å². The van der Waals surface area contributed by atoms with Crippen molar-refractivity contribution in [2.75, 3.05) is 0 Å². The molecular formula is C8H8O5. The van der Waals surface area contributed by atoms with Crippen LogP contribution in [0.2, 0.25) is 0 Å². The zero-order valence-corrected chi connectivity index (χ0v) is 6.94. The van der Waals surface area contributed by atoms with Crippen LogP contribution in [0.4, 0.5) is 0 Å². The van der Waals surface area contributed by atoms with Crippen molar-refractivity contribution in [3.63, 3.8) is 0 Å². The molecule has 70 valence electrons. The van der Waals surface area contributed by atoms with E-state index in [0.717, 1.165) is 6.08 Å². The standard InChI is InChI=1S/C8H8O5/c1-4(9)13-7-3-5(10)2-6(7)8(11)12/h2,7H,3H2,1H3,(H,11,12)/t7-/m1/s1. The topological polar surface area (TPSA) is 80.7 Å². The van der Waals surface area contributed by atoms with Crippen molar-refractivity contribution in [3.8, 4) is 0 Å². The Labute approximate surface area is 74.0 Å². The highest BCUT2D eigenvalue weighted by molar-refractivity contribution is 6.04. The molecule has 5 nitrogen and oxygen atoms in total. The summed E-state index contributed by atoms with van der Waals surface area (Å²) in [7, 11) is 0. The molecular weight excluding hydrogens is 176 g/mol. The third kappa shape index (κ3) is 2.14. The highest BCUT2D eigenvalue weighted by Crippen LogP contribution is 2.19. The quantitative estimate of drug-likeness (QED) is 0.606. The molecule has 0 saturated carbocycles. The van der Waals surface area contributed by atoms with Gasteiger partial charge in [-0.05, 0) is 6.08 Å². The maximum absolute atomic E-state index is 10.8. The van der Waals surface area contributed by atoms with E-state index in [1.807, 2.05) is 0 Å². The van der Waals surface area contributed by atoms with E-state index in [9.17, 15) is 14.4 Å². The molecule has 5 heteroatoms. The summed E-state index contributed by atoms with van der Waals surface area (Å²) in [6.45, 7) is 1.17. The summed E-state index contributed by atoms with van der Waals surface area (Å²) in [4.78, 5) is 31.9. The molecule has 0 aromatic heterocycles. The van der Waals surface area contributed by atoms with Crippen molar-refractivity contribution >= 4 is 17.7 Å². The average molecular weight is 184 g/mol. The second kappa shape index (κ2) is 3.38. The number of ketones is 1. The van der Waals surface area contributed by atoms with Crippen molar-refractivity contribution in [3.05, 3.63) is 11.6 Å².